The van der Waals surface area contributed by atoms with Gasteiger partial charge in [0.15, 0.2) is 5.11 Å². The Hall–Kier alpha value is -0.440. The maximum atomic E-state index is 10.5. The summed E-state index contributed by atoms with van der Waals surface area (Å²) in [5.41, 5.74) is 0. The van der Waals surface area contributed by atoms with E-state index in [1.165, 1.54) is 0 Å². The van der Waals surface area contributed by atoms with Gasteiger partial charge in [-0.1, -0.05) is 0 Å². The minimum atomic E-state index is -3.42. The van der Waals surface area contributed by atoms with Gasteiger partial charge in [0.1, 0.15) is 0 Å². The third-order valence-electron chi connectivity index (χ3n) is 1.26. The van der Waals surface area contributed by atoms with Crippen LogP contribution in [0.1, 0.15) is 0 Å². The molecule has 0 heterocycles. The lowest BCUT2D eigenvalue weighted by Crippen LogP contribution is -2.39. The van der Waals surface area contributed by atoms with Crippen LogP contribution in [0.5, 0.6) is 0 Å². The van der Waals surface area contributed by atoms with Crippen molar-refractivity contribution in [1.29, 1.82) is 0 Å². The van der Waals surface area contributed by atoms with Crippen LogP contribution < -0.4 is 15.8 Å². The van der Waals surface area contributed by atoms with Gasteiger partial charge in [0.25, 0.3) is 0 Å². The van der Waals surface area contributed by atoms with Gasteiger partial charge in [0, 0.05) is 20.2 Å². The first-order valence-electron chi connectivity index (χ1n) is 3.97. The highest BCUT2D eigenvalue weighted by molar-refractivity contribution is 7.89. The molecule has 0 bridgehead atoms. The van der Waals surface area contributed by atoms with Crippen molar-refractivity contribution in [3.8, 4) is 0 Å². The summed E-state index contributed by atoms with van der Waals surface area (Å²) in [5, 5.41) is 10.7. The first kappa shape index (κ1) is 13.6. The standard InChI is InChI=1S/C6H15N3O3S2/c1-12-4-2-8-6(13)9-3-5-14(7,10)11/h2-5H2,1H3,(H2,7,10,11)(H2,8,9,13). The molecule has 0 spiro atoms. The number of ether oxygens (including phenoxy) is 1. The number of rotatable bonds is 6. The summed E-state index contributed by atoms with van der Waals surface area (Å²) in [7, 11) is -1.84. The summed E-state index contributed by atoms with van der Waals surface area (Å²) in [6.45, 7) is 1.33. The maximum Gasteiger partial charge on any atom is 0.210 e. The number of sulfonamides is 1. The third kappa shape index (κ3) is 9.65. The van der Waals surface area contributed by atoms with Gasteiger partial charge in [-0.2, -0.15) is 0 Å². The quantitative estimate of drug-likeness (QED) is 0.382. The summed E-state index contributed by atoms with van der Waals surface area (Å²) in [6, 6.07) is 0. The molecule has 0 atom stereocenters. The molecule has 14 heavy (non-hydrogen) atoms. The summed E-state index contributed by atoms with van der Waals surface area (Å²) in [5.74, 6) is -0.140. The van der Waals surface area contributed by atoms with Crippen molar-refractivity contribution in [3.63, 3.8) is 0 Å². The van der Waals surface area contributed by atoms with Crippen LogP contribution in [0, 0.1) is 0 Å². The molecule has 0 saturated heterocycles. The van der Waals surface area contributed by atoms with Crippen LogP contribution in [0.4, 0.5) is 0 Å². The topological polar surface area (TPSA) is 93.4 Å². The molecular weight excluding hydrogens is 226 g/mol. The van der Waals surface area contributed by atoms with E-state index in [2.05, 4.69) is 10.6 Å². The van der Waals surface area contributed by atoms with E-state index in [1.54, 1.807) is 7.11 Å². The molecule has 0 aliphatic rings. The van der Waals surface area contributed by atoms with E-state index < -0.39 is 10.0 Å². The zero-order valence-electron chi connectivity index (χ0n) is 7.95. The molecule has 0 amide bonds. The zero-order valence-corrected chi connectivity index (χ0v) is 9.58. The van der Waals surface area contributed by atoms with Crippen LogP contribution in [-0.2, 0) is 14.8 Å². The Labute approximate surface area is 89.2 Å². The minimum absolute atomic E-state index is 0.140. The highest BCUT2D eigenvalue weighted by Crippen LogP contribution is 1.75. The van der Waals surface area contributed by atoms with Crippen LogP contribution in [-0.4, -0.2) is 46.1 Å². The second-order valence-corrected chi connectivity index (χ2v) is 4.68. The fraction of sp³-hybridized carbons (Fsp3) is 0.833. The highest BCUT2D eigenvalue weighted by Gasteiger charge is 2.02. The van der Waals surface area contributed by atoms with Gasteiger partial charge in [-0.15, -0.1) is 0 Å². The van der Waals surface area contributed by atoms with Gasteiger partial charge < -0.3 is 15.4 Å². The Morgan fingerprint density at radius 3 is 2.50 bits per heavy atom. The lowest BCUT2D eigenvalue weighted by molar-refractivity contribution is 0.204. The Kier molecular flexibility index (Phi) is 6.71. The number of hydrogen-bond donors (Lipinski definition) is 3. The summed E-state index contributed by atoms with van der Waals surface area (Å²) >= 11 is 4.84. The Morgan fingerprint density at radius 1 is 1.43 bits per heavy atom. The second-order valence-electron chi connectivity index (χ2n) is 2.54. The third-order valence-corrected chi connectivity index (χ3v) is 2.33. The average Bonchev–Trinajstić information content (AvgIpc) is 2.02. The van der Waals surface area contributed by atoms with E-state index in [-0.39, 0.29) is 12.3 Å². The molecule has 0 aromatic carbocycles. The van der Waals surface area contributed by atoms with E-state index in [4.69, 9.17) is 22.1 Å². The number of nitrogens with one attached hydrogen (secondary N) is 2. The SMILES string of the molecule is COCCNC(=S)NCCS(N)(=O)=O. The number of hydrogen-bond acceptors (Lipinski definition) is 4. The molecule has 0 aromatic rings. The number of thiocarbonyl (C=S) groups is 1. The Bertz CT molecular complexity index is 265. The van der Waals surface area contributed by atoms with Crippen LogP contribution in [0.15, 0.2) is 0 Å². The minimum Gasteiger partial charge on any atom is -0.383 e. The Balaban J connectivity index is 3.45. The lowest BCUT2D eigenvalue weighted by Gasteiger charge is -2.08. The van der Waals surface area contributed by atoms with Crippen LogP contribution in [0.3, 0.4) is 0 Å². The first-order chi connectivity index (χ1) is 6.45. The highest BCUT2D eigenvalue weighted by atomic mass is 32.2. The first-order valence-corrected chi connectivity index (χ1v) is 6.09. The van der Waals surface area contributed by atoms with Crippen LogP contribution >= 0.6 is 12.2 Å². The van der Waals surface area contributed by atoms with Crippen molar-refractivity contribution in [3.05, 3.63) is 0 Å². The number of primary sulfonamides is 1. The van der Waals surface area contributed by atoms with E-state index in [1.807, 2.05) is 0 Å². The Morgan fingerprint density at radius 2 is 2.00 bits per heavy atom. The second kappa shape index (κ2) is 6.93. The molecule has 0 radical (unpaired) electrons. The maximum absolute atomic E-state index is 10.5. The van der Waals surface area contributed by atoms with Crippen molar-refractivity contribution < 1.29 is 13.2 Å². The molecule has 8 heteroatoms. The lowest BCUT2D eigenvalue weighted by atomic mass is 10.6. The largest absolute Gasteiger partial charge is 0.383 e. The predicted molar refractivity (Wildman–Crippen MR) is 58.5 cm³/mol. The monoisotopic (exact) mass is 241 g/mol. The zero-order chi connectivity index (χ0) is 11.0. The van der Waals surface area contributed by atoms with Gasteiger partial charge in [-0.25, -0.2) is 13.6 Å². The van der Waals surface area contributed by atoms with Crippen molar-refractivity contribution in [2.45, 2.75) is 0 Å². The predicted octanol–water partition coefficient (Wildman–Crippen LogP) is -1.61. The summed E-state index contributed by atoms with van der Waals surface area (Å²) in [6.07, 6.45) is 0. The molecule has 84 valence electrons. The molecule has 0 unspecified atom stereocenters. The molecule has 0 aliphatic heterocycles. The van der Waals surface area contributed by atoms with Gasteiger partial charge in [0.05, 0.1) is 12.4 Å². The van der Waals surface area contributed by atoms with Crippen LogP contribution in [0.25, 0.3) is 0 Å². The van der Waals surface area contributed by atoms with E-state index in [0.717, 1.165) is 0 Å². The van der Waals surface area contributed by atoms with E-state index in [9.17, 15) is 8.42 Å². The van der Waals surface area contributed by atoms with E-state index >= 15 is 0 Å². The summed E-state index contributed by atoms with van der Waals surface area (Å²) in [4.78, 5) is 0. The number of nitrogens with two attached hydrogens (primary N) is 1. The van der Waals surface area contributed by atoms with Crippen molar-refractivity contribution in [2.75, 3.05) is 32.6 Å². The fourth-order valence-corrected chi connectivity index (χ4v) is 1.23. The smallest absolute Gasteiger partial charge is 0.210 e. The van der Waals surface area contributed by atoms with Crippen molar-refractivity contribution in [1.82, 2.24) is 10.6 Å². The van der Waals surface area contributed by atoms with E-state index in [0.29, 0.717) is 18.3 Å². The van der Waals surface area contributed by atoms with Gasteiger partial charge in [-0.05, 0) is 12.2 Å². The molecule has 4 N–H and O–H groups in total. The molecule has 0 fully saturated rings. The van der Waals surface area contributed by atoms with Gasteiger partial charge in [0.2, 0.25) is 10.0 Å². The molecule has 0 aliphatic carbocycles. The summed E-state index contributed by atoms with van der Waals surface area (Å²) < 4.78 is 25.8. The normalized spacial score (nSPS) is 11.0. The van der Waals surface area contributed by atoms with Crippen molar-refractivity contribution in [2.24, 2.45) is 5.14 Å². The fourth-order valence-electron chi connectivity index (χ4n) is 0.636. The molecule has 0 saturated carbocycles. The number of methoxy groups -OCH3 is 1. The van der Waals surface area contributed by atoms with Crippen LogP contribution in [0.2, 0.25) is 0 Å². The molecule has 6 nitrogen and oxygen atoms in total. The van der Waals surface area contributed by atoms with Crippen molar-refractivity contribution >= 4 is 27.4 Å². The van der Waals surface area contributed by atoms with Gasteiger partial charge >= 0.3 is 0 Å². The molecular formula is C6H15N3O3S2. The van der Waals surface area contributed by atoms with Gasteiger partial charge in [-0.3, -0.25) is 0 Å². The molecule has 0 aromatic heterocycles. The average molecular weight is 241 g/mol. The molecule has 0 rings (SSSR count).